The minimum absolute atomic E-state index is 0.106. The zero-order chi connectivity index (χ0) is 18.3. The highest BCUT2D eigenvalue weighted by Gasteiger charge is 2.62. The van der Waals surface area contributed by atoms with Gasteiger partial charge in [-0.3, -0.25) is 19.1 Å². The van der Waals surface area contributed by atoms with Crippen molar-refractivity contribution in [2.45, 2.75) is 57.2 Å². The molecule has 2 rings (SSSR count). The minimum Gasteiger partial charge on any atom is -0.481 e. The van der Waals surface area contributed by atoms with Crippen molar-refractivity contribution < 1.29 is 24.1 Å². The molecule has 1 aromatic heterocycles. The summed E-state index contributed by atoms with van der Waals surface area (Å²) in [7, 11) is 0. The Hall–Kier alpha value is -2.00. The van der Waals surface area contributed by atoms with E-state index in [2.05, 4.69) is 0 Å². The molecule has 0 amide bonds. The maximum Gasteiger partial charge on any atom is 0.330 e. The maximum atomic E-state index is 15.2. The van der Waals surface area contributed by atoms with E-state index in [1.165, 1.54) is 13.8 Å². The Balaban J connectivity index is 2.30. The number of rotatable bonds is 5. The molecule has 9 heteroatoms. The summed E-state index contributed by atoms with van der Waals surface area (Å²) in [6.07, 6.45) is -1.06. The molecule has 2 heterocycles. The van der Waals surface area contributed by atoms with E-state index in [-0.39, 0.29) is 12.8 Å². The summed E-state index contributed by atoms with van der Waals surface area (Å²) in [4.78, 5) is 35.9. The molecule has 0 bridgehead atoms. The van der Waals surface area contributed by atoms with Gasteiger partial charge in [0.1, 0.15) is 5.60 Å². The first-order valence-corrected chi connectivity index (χ1v) is 7.59. The normalized spacial score (nSPS) is 34.2. The van der Waals surface area contributed by atoms with E-state index in [0.717, 1.165) is 23.8 Å². The van der Waals surface area contributed by atoms with Gasteiger partial charge in [-0.2, -0.15) is 0 Å². The van der Waals surface area contributed by atoms with Crippen LogP contribution in [0.25, 0.3) is 0 Å². The van der Waals surface area contributed by atoms with Gasteiger partial charge in [0.05, 0.1) is 12.0 Å². The molecule has 1 fully saturated rings. The van der Waals surface area contributed by atoms with Crippen molar-refractivity contribution in [2.24, 2.45) is 5.92 Å². The van der Waals surface area contributed by atoms with E-state index in [4.69, 9.17) is 9.84 Å². The van der Waals surface area contributed by atoms with E-state index in [1.807, 2.05) is 4.98 Å². The molecule has 0 aliphatic carbocycles. The van der Waals surface area contributed by atoms with Gasteiger partial charge in [-0.05, 0) is 26.7 Å². The van der Waals surface area contributed by atoms with E-state index in [0.29, 0.717) is 0 Å². The first-order chi connectivity index (χ1) is 11.0. The number of carboxylic acid groups (broad SMARTS) is 1. The zero-order valence-electron chi connectivity index (χ0n) is 13.7. The Labute approximate surface area is 136 Å². The van der Waals surface area contributed by atoms with Crippen LogP contribution in [0.15, 0.2) is 21.9 Å². The molecule has 3 N–H and O–H groups in total. The molecule has 24 heavy (non-hydrogen) atoms. The molecule has 1 saturated heterocycles. The SMILES string of the molecule is CC(CC[C@H]1O[C@@H](n2ccc(=O)[nH]c2=O)[C@](C)(F)[C@@]1(C)O)C(=O)O. The van der Waals surface area contributed by atoms with Crippen molar-refractivity contribution in [1.29, 1.82) is 0 Å². The number of hydrogen-bond donors (Lipinski definition) is 3. The summed E-state index contributed by atoms with van der Waals surface area (Å²) in [6, 6.07) is 1.05. The van der Waals surface area contributed by atoms with Crippen molar-refractivity contribution in [3.05, 3.63) is 33.1 Å². The van der Waals surface area contributed by atoms with Gasteiger partial charge in [0.15, 0.2) is 11.9 Å². The second-order valence-corrected chi connectivity index (χ2v) is 6.53. The summed E-state index contributed by atoms with van der Waals surface area (Å²) in [6.45, 7) is 3.86. The van der Waals surface area contributed by atoms with Crippen LogP contribution in [0.5, 0.6) is 0 Å². The Morgan fingerprint density at radius 1 is 1.50 bits per heavy atom. The van der Waals surface area contributed by atoms with Gasteiger partial charge in [0.25, 0.3) is 5.56 Å². The van der Waals surface area contributed by atoms with Crippen LogP contribution < -0.4 is 11.2 Å². The van der Waals surface area contributed by atoms with Crippen molar-refractivity contribution >= 4 is 5.97 Å². The van der Waals surface area contributed by atoms with Crippen molar-refractivity contribution in [3.8, 4) is 0 Å². The average molecular weight is 344 g/mol. The highest BCUT2D eigenvalue weighted by atomic mass is 19.1. The summed E-state index contributed by atoms with van der Waals surface area (Å²) in [5, 5.41) is 19.5. The van der Waals surface area contributed by atoms with Crippen LogP contribution >= 0.6 is 0 Å². The number of nitrogens with zero attached hydrogens (tertiary/aromatic N) is 1. The van der Waals surface area contributed by atoms with Crippen molar-refractivity contribution in [2.75, 3.05) is 0 Å². The zero-order valence-corrected chi connectivity index (χ0v) is 13.7. The molecular weight excluding hydrogens is 323 g/mol. The molecule has 134 valence electrons. The van der Waals surface area contributed by atoms with Gasteiger partial charge in [-0.25, -0.2) is 9.18 Å². The third-order valence-corrected chi connectivity index (χ3v) is 4.76. The number of carboxylic acids is 1. The number of carbonyl (C=O) groups is 1. The van der Waals surface area contributed by atoms with Crippen LogP contribution in [0.1, 0.15) is 39.8 Å². The van der Waals surface area contributed by atoms with Crippen LogP contribution in [0.2, 0.25) is 0 Å². The number of alkyl halides is 1. The highest BCUT2D eigenvalue weighted by Crippen LogP contribution is 2.48. The number of ether oxygens (including phenoxy) is 1. The highest BCUT2D eigenvalue weighted by molar-refractivity contribution is 5.69. The Morgan fingerprint density at radius 2 is 2.12 bits per heavy atom. The molecule has 1 aliphatic heterocycles. The van der Waals surface area contributed by atoms with Crippen LogP contribution in [0, 0.1) is 5.92 Å². The minimum atomic E-state index is -2.33. The Morgan fingerprint density at radius 3 is 2.67 bits per heavy atom. The molecule has 0 radical (unpaired) electrons. The summed E-state index contributed by atoms with van der Waals surface area (Å²) < 4.78 is 21.6. The lowest BCUT2D eigenvalue weighted by Crippen LogP contribution is -2.52. The smallest absolute Gasteiger partial charge is 0.330 e. The van der Waals surface area contributed by atoms with Crippen LogP contribution in [0.4, 0.5) is 4.39 Å². The molecule has 8 nitrogen and oxygen atoms in total. The van der Waals surface area contributed by atoms with Crippen LogP contribution in [-0.4, -0.2) is 43.1 Å². The lowest BCUT2D eigenvalue weighted by molar-refractivity contribution is -0.141. The number of hydrogen-bond acceptors (Lipinski definition) is 5. The Kier molecular flexibility index (Phi) is 4.69. The average Bonchev–Trinajstić information content (AvgIpc) is 2.63. The van der Waals surface area contributed by atoms with Gasteiger partial charge in [0, 0.05) is 12.3 Å². The fourth-order valence-electron chi connectivity index (χ4n) is 2.79. The lowest BCUT2D eigenvalue weighted by Gasteiger charge is -2.33. The summed E-state index contributed by atoms with van der Waals surface area (Å²) in [5.74, 6) is -1.67. The second-order valence-electron chi connectivity index (χ2n) is 6.53. The molecule has 0 spiro atoms. The van der Waals surface area contributed by atoms with E-state index < -0.39 is 46.7 Å². The topological polar surface area (TPSA) is 122 Å². The quantitative estimate of drug-likeness (QED) is 0.711. The molecule has 5 atom stereocenters. The van der Waals surface area contributed by atoms with Gasteiger partial charge >= 0.3 is 11.7 Å². The number of aliphatic hydroxyl groups is 1. The van der Waals surface area contributed by atoms with Gasteiger partial charge in [-0.15, -0.1) is 0 Å². The second kappa shape index (κ2) is 6.14. The third-order valence-electron chi connectivity index (χ3n) is 4.76. The van der Waals surface area contributed by atoms with Gasteiger partial charge < -0.3 is 14.9 Å². The molecule has 0 saturated carbocycles. The predicted octanol–water partition coefficient (Wildman–Crippen LogP) is 0.414. The number of halogens is 1. The number of nitrogens with one attached hydrogen (secondary N) is 1. The Bertz CT molecular complexity index is 738. The van der Waals surface area contributed by atoms with Crippen molar-refractivity contribution in [1.82, 2.24) is 9.55 Å². The number of aromatic amines is 1. The first kappa shape index (κ1) is 18.3. The summed E-state index contributed by atoms with van der Waals surface area (Å²) in [5.41, 5.74) is -5.75. The van der Waals surface area contributed by atoms with Gasteiger partial charge in [0.2, 0.25) is 0 Å². The molecule has 1 aromatic rings. The third kappa shape index (κ3) is 3.01. The lowest BCUT2D eigenvalue weighted by atomic mass is 9.82. The van der Waals surface area contributed by atoms with Crippen LogP contribution in [0.3, 0.4) is 0 Å². The fraction of sp³-hybridized carbons (Fsp3) is 0.667. The van der Waals surface area contributed by atoms with E-state index >= 15 is 4.39 Å². The molecule has 1 aliphatic rings. The first-order valence-electron chi connectivity index (χ1n) is 7.59. The van der Waals surface area contributed by atoms with Crippen molar-refractivity contribution in [3.63, 3.8) is 0 Å². The summed E-state index contributed by atoms with van der Waals surface area (Å²) >= 11 is 0. The number of aromatic nitrogens is 2. The number of H-pyrrole nitrogens is 1. The monoisotopic (exact) mass is 344 g/mol. The fourth-order valence-corrected chi connectivity index (χ4v) is 2.79. The van der Waals surface area contributed by atoms with E-state index in [1.54, 1.807) is 0 Å². The maximum absolute atomic E-state index is 15.2. The molecule has 0 aromatic carbocycles. The van der Waals surface area contributed by atoms with Gasteiger partial charge in [-0.1, -0.05) is 6.92 Å². The van der Waals surface area contributed by atoms with Crippen LogP contribution in [-0.2, 0) is 9.53 Å². The largest absolute Gasteiger partial charge is 0.481 e. The molecular formula is C15H21FN2O6. The number of aliphatic carboxylic acids is 1. The predicted molar refractivity (Wildman–Crippen MR) is 81.4 cm³/mol. The molecule has 1 unspecified atom stereocenters. The van der Waals surface area contributed by atoms with E-state index in [9.17, 15) is 19.5 Å². The standard InChI is InChI=1S/C15H21FN2O6/c1-8(11(20)21)4-5-9-15(3,23)14(2,16)12(24-9)18-7-6-10(19)17-13(18)22/h6-9,12,23H,4-5H2,1-3H3,(H,20,21)(H,17,19,22)/t8?,9-,12-,14+,15+/m1/s1.